The molecule has 1 aliphatic carbocycles. The molecule has 0 amide bonds. The Balaban J connectivity index is 2.11. The zero-order valence-corrected chi connectivity index (χ0v) is 12.4. The number of hydrogen-bond donors (Lipinski definition) is 1. The predicted octanol–water partition coefficient (Wildman–Crippen LogP) is 3.63. The zero-order chi connectivity index (χ0) is 14.8. The summed E-state index contributed by atoms with van der Waals surface area (Å²) in [7, 11) is 1.89. The quantitative estimate of drug-likeness (QED) is 0.920. The molecular formula is C14H21F3N2S. The molecule has 1 fully saturated rings. The highest BCUT2D eigenvalue weighted by Gasteiger charge is 2.48. The van der Waals surface area contributed by atoms with Gasteiger partial charge in [-0.05, 0) is 37.8 Å². The average molecular weight is 306 g/mol. The molecule has 20 heavy (non-hydrogen) atoms. The van der Waals surface area contributed by atoms with Gasteiger partial charge in [0.1, 0.15) is 0 Å². The molecule has 1 aliphatic rings. The van der Waals surface area contributed by atoms with Gasteiger partial charge in [-0.15, -0.1) is 11.3 Å². The molecule has 1 aromatic rings. The average Bonchev–Trinajstić information content (AvgIpc) is 2.90. The Morgan fingerprint density at radius 2 is 2.25 bits per heavy atom. The van der Waals surface area contributed by atoms with Gasteiger partial charge in [0.15, 0.2) is 0 Å². The van der Waals surface area contributed by atoms with Crippen LogP contribution in [-0.4, -0.2) is 30.2 Å². The van der Waals surface area contributed by atoms with Crippen LogP contribution in [0.3, 0.4) is 0 Å². The minimum Gasteiger partial charge on any atom is -0.329 e. The van der Waals surface area contributed by atoms with Crippen molar-refractivity contribution in [3.63, 3.8) is 0 Å². The van der Waals surface area contributed by atoms with Crippen molar-refractivity contribution in [2.75, 3.05) is 13.6 Å². The van der Waals surface area contributed by atoms with Crippen molar-refractivity contribution in [3.05, 3.63) is 22.4 Å². The maximum atomic E-state index is 13.0. The first-order valence-electron chi connectivity index (χ1n) is 6.88. The van der Waals surface area contributed by atoms with Crippen LogP contribution in [-0.2, 0) is 6.54 Å². The van der Waals surface area contributed by atoms with Gasteiger partial charge < -0.3 is 5.73 Å². The van der Waals surface area contributed by atoms with Crippen molar-refractivity contribution in [1.29, 1.82) is 0 Å². The van der Waals surface area contributed by atoms with E-state index in [0.717, 1.165) is 11.3 Å². The van der Waals surface area contributed by atoms with Crippen LogP contribution >= 0.6 is 11.3 Å². The largest absolute Gasteiger partial charge is 0.391 e. The molecular weight excluding hydrogens is 285 g/mol. The summed E-state index contributed by atoms with van der Waals surface area (Å²) in [4.78, 5) is 3.19. The molecule has 1 aromatic heterocycles. The molecule has 2 N–H and O–H groups in total. The van der Waals surface area contributed by atoms with E-state index in [4.69, 9.17) is 5.73 Å². The van der Waals surface area contributed by atoms with Gasteiger partial charge in [0.2, 0.25) is 0 Å². The van der Waals surface area contributed by atoms with Crippen molar-refractivity contribution in [2.45, 2.75) is 43.9 Å². The Labute approximate surface area is 121 Å². The molecule has 1 heterocycles. The van der Waals surface area contributed by atoms with Crippen LogP contribution in [0.15, 0.2) is 17.5 Å². The Morgan fingerprint density at radius 1 is 1.50 bits per heavy atom. The summed E-state index contributed by atoms with van der Waals surface area (Å²) in [5, 5.41) is 1.98. The number of alkyl halides is 3. The Morgan fingerprint density at radius 3 is 2.80 bits per heavy atom. The van der Waals surface area contributed by atoms with Gasteiger partial charge in [-0.25, -0.2) is 0 Å². The van der Waals surface area contributed by atoms with E-state index in [0.29, 0.717) is 13.0 Å². The summed E-state index contributed by atoms with van der Waals surface area (Å²) < 4.78 is 39.0. The van der Waals surface area contributed by atoms with Gasteiger partial charge in [0.05, 0.1) is 5.92 Å². The molecule has 0 saturated heterocycles. The number of halogens is 3. The lowest BCUT2D eigenvalue weighted by molar-refractivity contribution is -0.193. The molecule has 0 bridgehead atoms. The lowest BCUT2D eigenvalue weighted by Crippen LogP contribution is -2.55. The summed E-state index contributed by atoms with van der Waals surface area (Å²) in [5.74, 6) is -1.22. The topological polar surface area (TPSA) is 29.3 Å². The van der Waals surface area contributed by atoms with E-state index >= 15 is 0 Å². The third-order valence-corrected chi connectivity index (χ3v) is 5.31. The second-order valence-corrected chi connectivity index (χ2v) is 6.73. The molecule has 2 rings (SSSR count). The first-order valence-corrected chi connectivity index (χ1v) is 7.76. The van der Waals surface area contributed by atoms with Crippen LogP contribution in [0.5, 0.6) is 0 Å². The fraction of sp³-hybridized carbons (Fsp3) is 0.714. The fourth-order valence-electron chi connectivity index (χ4n) is 3.11. The highest BCUT2D eigenvalue weighted by Crippen LogP contribution is 2.43. The molecule has 2 atom stereocenters. The number of rotatable bonds is 4. The highest BCUT2D eigenvalue weighted by atomic mass is 32.1. The number of likely N-dealkylation sites (N-methyl/N-ethyl adjacent to an activating group) is 1. The number of nitrogens with zero attached hydrogens (tertiary/aromatic N) is 1. The third kappa shape index (κ3) is 3.35. The monoisotopic (exact) mass is 306 g/mol. The van der Waals surface area contributed by atoms with Gasteiger partial charge in [-0.3, -0.25) is 4.90 Å². The van der Waals surface area contributed by atoms with Crippen LogP contribution in [0, 0.1) is 5.92 Å². The van der Waals surface area contributed by atoms with E-state index in [2.05, 4.69) is 0 Å². The van der Waals surface area contributed by atoms with Crippen molar-refractivity contribution < 1.29 is 13.2 Å². The predicted molar refractivity (Wildman–Crippen MR) is 75.6 cm³/mol. The van der Waals surface area contributed by atoms with Crippen molar-refractivity contribution in [3.8, 4) is 0 Å². The first kappa shape index (κ1) is 15.8. The molecule has 0 aliphatic heterocycles. The van der Waals surface area contributed by atoms with E-state index in [-0.39, 0.29) is 19.4 Å². The Kier molecular flexibility index (Phi) is 4.76. The highest BCUT2D eigenvalue weighted by molar-refractivity contribution is 7.09. The minimum atomic E-state index is -4.11. The Hall–Kier alpha value is -0.590. The van der Waals surface area contributed by atoms with Gasteiger partial charge in [0, 0.05) is 23.5 Å². The van der Waals surface area contributed by atoms with Gasteiger partial charge >= 0.3 is 6.18 Å². The molecule has 2 nitrogen and oxygen atoms in total. The standard InChI is InChI=1S/C14H21F3N2S/c1-19(9-12-5-3-7-20-12)13(10-18)6-2-4-11(8-13)14(15,16)17/h3,5,7,11H,2,4,6,8-10,18H2,1H3. The molecule has 0 aromatic carbocycles. The van der Waals surface area contributed by atoms with E-state index in [1.54, 1.807) is 11.3 Å². The molecule has 0 radical (unpaired) electrons. The van der Waals surface area contributed by atoms with E-state index in [9.17, 15) is 13.2 Å². The number of hydrogen-bond acceptors (Lipinski definition) is 3. The van der Waals surface area contributed by atoms with Crippen LogP contribution in [0.2, 0.25) is 0 Å². The molecule has 1 saturated carbocycles. The lowest BCUT2D eigenvalue weighted by atomic mass is 9.74. The lowest BCUT2D eigenvalue weighted by Gasteiger charge is -2.46. The summed E-state index contributed by atoms with van der Waals surface area (Å²) in [6.45, 7) is 0.945. The second-order valence-electron chi connectivity index (χ2n) is 5.70. The van der Waals surface area contributed by atoms with Crippen LogP contribution in [0.4, 0.5) is 13.2 Å². The summed E-state index contributed by atoms with van der Waals surface area (Å²) >= 11 is 1.63. The molecule has 114 valence electrons. The third-order valence-electron chi connectivity index (χ3n) is 4.45. The van der Waals surface area contributed by atoms with Crippen LogP contribution in [0.1, 0.15) is 30.6 Å². The maximum Gasteiger partial charge on any atom is 0.391 e. The van der Waals surface area contributed by atoms with Crippen molar-refractivity contribution in [1.82, 2.24) is 4.90 Å². The SMILES string of the molecule is CN(Cc1cccs1)C1(CN)CCCC(C(F)(F)F)C1. The smallest absolute Gasteiger partial charge is 0.329 e. The molecule has 2 unspecified atom stereocenters. The van der Waals surface area contributed by atoms with Crippen LogP contribution < -0.4 is 5.73 Å². The first-order chi connectivity index (χ1) is 9.37. The van der Waals surface area contributed by atoms with E-state index < -0.39 is 17.6 Å². The van der Waals surface area contributed by atoms with Crippen LogP contribution in [0.25, 0.3) is 0 Å². The minimum absolute atomic E-state index is 0.120. The van der Waals surface area contributed by atoms with Gasteiger partial charge in [0.25, 0.3) is 0 Å². The van der Waals surface area contributed by atoms with Crippen molar-refractivity contribution >= 4 is 11.3 Å². The maximum absolute atomic E-state index is 13.0. The molecule has 6 heteroatoms. The number of thiophene rings is 1. The second kappa shape index (κ2) is 6.03. The fourth-order valence-corrected chi connectivity index (χ4v) is 3.87. The summed E-state index contributed by atoms with van der Waals surface area (Å²) in [6.07, 6.45) is -2.41. The zero-order valence-electron chi connectivity index (χ0n) is 11.6. The van der Waals surface area contributed by atoms with E-state index in [1.807, 2.05) is 29.5 Å². The Bertz CT molecular complexity index is 419. The summed E-state index contributed by atoms with van der Waals surface area (Å²) in [6, 6.07) is 3.97. The van der Waals surface area contributed by atoms with E-state index in [1.165, 1.54) is 0 Å². The van der Waals surface area contributed by atoms with Gasteiger partial charge in [-0.1, -0.05) is 12.5 Å². The molecule has 0 spiro atoms. The van der Waals surface area contributed by atoms with Crippen molar-refractivity contribution in [2.24, 2.45) is 11.7 Å². The normalized spacial score (nSPS) is 28.0. The summed E-state index contributed by atoms with van der Waals surface area (Å²) in [5.41, 5.74) is 5.34. The number of nitrogens with two attached hydrogens (primary N) is 1. The van der Waals surface area contributed by atoms with Gasteiger partial charge in [-0.2, -0.15) is 13.2 Å².